The van der Waals surface area contributed by atoms with E-state index in [1.165, 1.54) is 0 Å². The number of likely N-dealkylation sites (tertiary alicyclic amines) is 1. The Morgan fingerprint density at radius 1 is 1.58 bits per heavy atom. The average molecular weight is 171 g/mol. The summed E-state index contributed by atoms with van der Waals surface area (Å²) in [5.41, 5.74) is -0.546. The highest BCUT2D eigenvalue weighted by molar-refractivity contribution is 5.77. The Kier molecular flexibility index (Phi) is 2.54. The molecule has 70 valence electrons. The van der Waals surface area contributed by atoms with Crippen molar-refractivity contribution in [2.75, 3.05) is 19.6 Å². The van der Waals surface area contributed by atoms with Crippen LogP contribution in [0.3, 0.4) is 0 Å². The van der Waals surface area contributed by atoms with Crippen molar-refractivity contribution in [3.05, 3.63) is 0 Å². The third-order valence-corrected chi connectivity index (χ3v) is 2.52. The average Bonchev–Trinajstić information content (AvgIpc) is 1.82. The van der Waals surface area contributed by atoms with Crippen LogP contribution in [0, 0.1) is 5.92 Å². The summed E-state index contributed by atoms with van der Waals surface area (Å²) in [7, 11) is 0. The van der Waals surface area contributed by atoms with Crippen molar-refractivity contribution in [1.29, 1.82) is 0 Å². The second-order valence-corrected chi connectivity index (χ2v) is 4.11. The van der Waals surface area contributed by atoms with Crippen molar-refractivity contribution >= 4 is 5.78 Å². The Labute approximate surface area is 73.4 Å². The van der Waals surface area contributed by atoms with Crippen LogP contribution in [0.4, 0.5) is 0 Å². The summed E-state index contributed by atoms with van der Waals surface area (Å²) in [6.45, 7) is 7.35. The van der Waals surface area contributed by atoms with Gasteiger partial charge in [-0.3, -0.25) is 9.69 Å². The molecular weight excluding hydrogens is 154 g/mol. The lowest BCUT2D eigenvalue weighted by Crippen LogP contribution is -2.65. The number of ketones is 1. The first-order chi connectivity index (χ1) is 5.44. The molecule has 0 aromatic heterocycles. The van der Waals surface area contributed by atoms with Crippen molar-refractivity contribution in [2.45, 2.75) is 26.4 Å². The fraction of sp³-hybridized carbons (Fsp3) is 0.889. The molecule has 0 aliphatic carbocycles. The number of aliphatic hydroxyl groups is 1. The van der Waals surface area contributed by atoms with Crippen LogP contribution in [0.15, 0.2) is 0 Å². The largest absolute Gasteiger partial charge is 0.387 e. The summed E-state index contributed by atoms with van der Waals surface area (Å²) in [6.07, 6.45) is 0. The Hall–Kier alpha value is -0.410. The molecule has 1 fully saturated rings. The predicted octanol–water partition coefficient (Wildman–Crippen LogP) is 0.278. The topological polar surface area (TPSA) is 40.5 Å². The highest BCUT2D eigenvalue weighted by Crippen LogP contribution is 2.27. The Balaban J connectivity index is 2.32. The summed E-state index contributed by atoms with van der Waals surface area (Å²) in [4.78, 5) is 12.7. The lowest BCUT2D eigenvalue weighted by Gasteiger charge is -2.48. The van der Waals surface area contributed by atoms with Gasteiger partial charge in [-0.05, 0) is 12.8 Å². The fourth-order valence-electron chi connectivity index (χ4n) is 1.52. The number of nitrogens with zero attached hydrogens (tertiary/aromatic N) is 1. The smallest absolute Gasteiger partial charge is 0.143 e. The zero-order chi connectivity index (χ0) is 9.35. The molecule has 0 unspecified atom stereocenters. The van der Waals surface area contributed by atoms with Gasteiger partial charge >= 0.3 is 0 Å². The molecule has 0 aromatic carbocycles. The molecule has 1 aliphatic heterocycles. The van der Waals surface area contributed by atoms with E-state index in [4.69, 9.17) is 0 Å². The van der Waals surface area contributed by atoms with Gasteiger partial charge in [0.05, 0.1) is 12.1 Å². The second kappa shape index (κ2) is 3.15. The van der Waals surface area contributed by atoms with Crippen molar-refractivity contribution in [2.24, 2.45) is 5.92 Å². The molecule has 0 atom stereocenters. The fourth-order valence-corrected chi connectivity index (χ4v) is 1.52. The Morgan fingerprint density at radius 2 is 2.08 bits per heavy atom. The molecule has 12 heavy (non-hydrogen) atoms. The number of carbonyl (C=O) groups excluding carboxylic acids is 1. The lowest BCUT2D eigenvalue weighted by atomic mass is 9.83. The van der Waals surface area contributed by atoms with Gasteiger partial charge in [-0.25, -0.2) is 0 Å². The molecule has 3 nitrogen and oxygen atoms in total. The van der Waals surface area contributed by atoms with Crippen LogP contribution in [-0.2, 0) is 4.79 Å². The standard InChI is InChI=1S/C9H17NO2/c1-7(2)9(12)5-10(6-9)4-8(3)11/h7,12H,4-6H2,1-3H3. The SMILES string of the molecule is CC(=O)CN1CC(O)(C(C)C)C1. The number of carbonyl (C=O) groups is 1. The molecule has 0 spiro atoms. The zero-order valence-electron chi connectivity index (χ0n) is 8.00. The van der Waals surface area contributed by atoms with E-state index in [9.17, 15) is 9.90 Å². The minimum atomic E-state index is -0.546. The maximum Gasteiger partial charge on any atom is 0.143 e. The van der Waals surface area contributed by atoms with Gasteiger partial charge in [0.15, 0.2) is 0 Å². The molecule has 1 N–H and O–H groups in total. The molecule has 1 aliphatic rings. The molecular formula is C9H17NO2. The number of Topliss-reactive ketones (excluding diaryl/α,β-unsaturated/α-hetero) is 1. The van der Waals surface area contributed by atoms with E-state index in [-0.39, 0.29) is 11.7 Å². The first-order valence-electron chi connectivity index (χ1n) is 4.38. The third kappa shape index (κ3) is 1.84. The van der Waals surface area contributed by atoms with Gasteiger partial charge in [0.2, 0.25) is 0 Å². The molecule has 0 saturated carbocycles. The van der Waals surface area contributed by atoms with Crippen LogP contribution < -0.4 is 0 Å². The highest BCUT2D eigenvalue weighted by Gasteiger charge is 2.43. The van der Waals surface area contributed by atoms with E-state index in [1.54, 1.807) is 6.92 Å². The molecule has 1 rings (SSSR count). The Morgan fingerprint density at radius 3 is 2.42 bits per heavy atom. The minimum absolute atomic E-state index is 0.167. The van der Waals surface area contributed by atoms with Crippen molar-refractivity contribution < 1.29 is 9.90 Å². The van der Waals surface area contributed by atoms with Gasteiger partial charge in [-0.2, -0.15) is 0 Å². The number of β-amino-alcohol motifs (C(OH)–C–C–N with tert-alkyl or cyclic N) is 1. The van der Waals surface area contributed by atoms with Crippen molar-refractivity contribution in [3.63, 3.8) is 0 Å². The van der Waals surface area contributed by atoms with Crippen LogP contribution in [0.1, 0.15) is 20.8 Å². The van der Waals surface area contributed by atoms with Gasteiger partial charge in [0.25, 0.3) is 0 Å². The first kappa shape index (κ1) is 9.68. The number of rotatable bonds is 3. The maximum atomic E-state index is 10.7. The lowest BCUT2D eigenvalue weighted by molar-refractivity contribution is -0.139. The van der Waals surface area contributed by atoms with Gasteiger partial charge < -0.3 is 5.11 Å². The van der Waals surface area contributed by atoms with Gasteiger partial charge in [0.1, 0.15) is 5.78 Å². The number of hydrogen-bond donors (Lipinski definition) is 1. The van der Waals surface area contributed by atoms with Crippen LogP contribution >= 0.6 is 0 Å². The van der Waals surface area contributed by atoms with E-state index < -0.39 is 5.60 Å². The second-order valence-electron chi connectivity index (χ2n) is 4.11. The molecule has 0 amide bonds. The highest BCUT2D eigenvalue weighted by atomic mass is 16.3. The summed E-state index contributed by atoms with van der Waals surface area (Å²) in [5.74, 6) is 0.446. The summed E-state index contributed by atoms with van der Waals surface area (Å²) >= 11 is 0. The van der Waals surface area contributed by atoms with Crippen LogP contribution in [0.5, 0.6) is 0 Å². The minimum Gasteiger partial charge on any atom is -0.387 e. The van der Waals surface area contributed by atoms with E-state index in [0.717, 1.165) is 0 Å². The Bertz CT molecular complexity index is 183. The number of hydrogen-bond acceptors (Lipinski definition) is 3. The van der Waals surface area contributed by atoms with Crippen LogP contribution in [0.2, 0.25) is 0 Å². The third-order valence-electron chi connectivity index (χ3n) is 2.52. The summed E-state index contributed by atoms with van der Waals surface area (Å²) in [6, 6.07) is 0. The van der Waals surface area contributed by atoms with E-state index in [2.05, 4.69) is 0 Å². The molecule has 0 aromatic rings. The molecule has 1 saturated heterocycles. The molecule has 0 radical (unpaired) electrons. The van der Waals surface area contributed by atoms with E-state index in [0.29, 0.717) is 19.6 Å². The first-order valence-corrected chi connectivity index (χ1v) is 4.38. The quantitative estimate of drug-likeness (QED) is 0.663. The molecule has 0 bridgehead atoms. The van der Waals surface area contributed by atoms with E-state index in [1.807, 2.05) is 18.7 Å². The van der Waals surface area contributed by atoms with Gasteiger partial charge in [-0.15, -0.1) is 0 Å². The monoisotopic (exact) mass is 171 g/mol. The molecule has 1 heterocycles. The zero-order valence-corrected chi connectivity index (χ0v) is 8.00. The maximum absolute atomic E-state index is 10.7. The van der Waals surface area contributed by atoms with Crippen LogP contribution in [-0.4, -0.2) is 41.0 Å². The normalized spacial score (nSPS) is 22.4. The van der Waals surface area contributed by atoms with E-state index >= 15 is 0 Å². The summed E-state index contributed by atoms with van der Waals surface area (Å²) < 4.78 is 0. The van der Waals surface area contributed by atoms with Crippen molar-refractivity contribution in [1.82, 2.24) is 4.90 Å². The summed E-state index contributed by atoms with van der Waals surface area (Å²) in [5, 5.41) is 9.82. The van der Waals surface area contributed by atoms with Gasteiger partial charge in [-0.1, -0.05) is 13.8 Å². The van der Waals surface area contributed by atoms with Crippen molar-refractivity contribution in [3.8, 4) is 0 Å². The molecule has 3 heteroatoms. The van der Waals surface area contributed by atoms with Crippen LogP contribution in [0.25, 0.3) is 0 Å². The predicted molar refractivity (Wildman–Crippen MR) is 46.9 cm³/mol. The van der Waals surface area contributed by atoms with Gasteiger partial charge in [0, 0.05) is 13.1 Å².